The van der Waals surface area contributed by atoms with Gasteiger partial charge in [0.25, 0.3) is 0 Å². The number of anilines is 1. The Morgan fingerprint density at radius 1 is 1.08 bits per heavy atom. The van der Waals surface area contributed by atoms with Crippen LogP contribution < -0.4 is 10.1 Å². The highest BCUT2D eigenvalue weighted by Gasteiger charge is 2.16. The molecule has 24 heavy (non-hydrogen) atoms. The highest BCUT2D eigenvalue weighted by molar-refractivity contribution is 5.46. The van der Waals surface area contributed by atoms with Crippen LogP contribution in [0.25, 0.3) is 0 Å². The molecular weight excluding hydrogens is 300 g/mol. The fourth-order valence-corrected chi connectivity index (χ4v) is 3.06. The van der Waals surface area contributed by atoms with E-state index in [0.29, 0.717) is 0 Å². The Morgan fingerprint density at radius 3 is 2.54 bits per heavy atom. The molecule has 4 heteroatoms. The number of aliphatic hydroxyl groups excluding tert-OH is 1. The molecule has 1 saturated heterocycles. The van der Waals surface area contributed by atoms with Crippen molar-refractivity contribution in [2.75, 3.05) is 25.5 Å². The third-order valence-corrected chi connectivity index (χ3v) is 4.55. The van der Waals surface area contributed by atoms with E-state index in [0.717, 1.165) is 50.5 Å². The van der Waals surface area contributed by atoms with Crippen LogP contribution in [0.5, 0.6) is 5.75 Å². The van der Waals surface area contributed by atoms with Crippen LogP contribution in [0.2, 0.25) is 0 Å². The van der Waals surface area contributed by atoms with E-state index >= 15 is 0 Å². The van der Waals surface area contributed by atoms with E-state index in [-0.39, 0.29) is 6.10 Å². The summed E-state index contributed by atoms with van der Waals surface area (Å²) in [6.07, 6.45) is 1.66. The number of piperidine rings is 1. The number of ether oxygens (including phenoxy) is 1. The summed E-state index contributed by atoms with van der Waals surface area (Å²) in [7, 11) is 1.68. The molecule has 0 bridgehead atoms. The van der Waals surface area contributed by atoms with Crippen LogP contribution in [0, 0.1) is 0 Å². The SMILES string of the molecule is COc1ccc(CNc2cccc(CN3CCC(O)CC3)c2)cc1. The van der Waals surface area contributed by atoms with E-state index < -0.39 is 0 Å². The van der Waals surface area contributed by atoms with Gasteiger partial charge >= 0.3 is 0 Å². The van der Waals surface area contributed by atoms with Crippen molar-refractivity contribution in [3.63, 3.8) is 0 Å². The summed E-state index contributed by atoms with van der Waals surface area (Å²) >= 11 is 0. The Labute approximate surface area is 144 Å². The van der Waals surface area contributed by atoms with E-state index in [4.69, 9.17) is 4.74 Å². The zero-order valence-electron chi connectivity index (χ0n) is 14.2. The second-order valence-electron chi connectivity index (χ2n) is 6.41. The van der Waals surface area contributed by atoms with Gasteiger partial charge in [-0.1, -0.05) is 24.3 Å². The number of rotatable bonds is 6. The summed E-state index contributed by atoms with van der Waals surface area (Å²) in [6.45, 7) is 3.70. The standard InChI is InChI=1S/C20H26N2O2/c1-24-20-7-5-16(6-8-20)14-21-18-4-2-3-17(13-18)15-22-11-9-19(23)10-12-22/h2-8,13,19,21,23H,9-12,14-15H2,1H3. The molecule has 0 atom stereocenters. The lowest BCUT2D eigenvalue weighted by molar-refractivity contribution is 0.0792. The Hall–Kier alpha value is -2.04. The molecule has 0 amide bonds. The number of hydrogen-bond acceptors (Lipinski definition) is 4. The minimum absolute atomic E-state index is 0.112. The molecule has 0 radical (unpaired) electrons. The smallest absolute Gasteiger partial charge is 0.118 e. The summed E-state index contributed by atoms with van der Waals surface area (Å²) in [5, 5.41) is 13.1. The van der Waals surface area contributed by atoms with Crippen molar-refractivity contribution >= 4 is 5.69 Å². The van der Waals surface area contributed by atoms with Crippen LogP contribution in [0.3, 0.4) is 0 Å². The van der Waals surface area contributed by atoms with Gasteiger partial charge in [-0.15, -0.1) is 0 Å². The maximum atomic E-state index is 9.60. The predicted molar refractivity (Wildman–Crippen MR) is 97.3 cm³/mol. The van der Waals surface area contributed by atoms with E-state index in [9.17, 15) is 5.11 Å². The normalized spacial score (nSPS) is 16.1. The first kappa shape index (κ1) is 16.8. The van der Waals surface area contributed by atoms with Gasteiger partial charge in [0.05, 0.1) is 13.2 Å². The first-order valence-corrected chi connectivity index (χ1v) is 8.59. The number of nitrogens with zero attached hydrogens (tertiary/aromatic N) is 1. The van der Waals surface area contributed by atoms with E-state index in [1.807, 2.05) is 12.1 Å². The molecular formula is C20H26N2O2. The molecule has 2 N–H and O–H groups in total. The minimum atomic E-state index is -0.112. The average Bonchev–Trinajstić information content (AvgIpc) is 2.63. The number of nitrogens with one attached hydrogen (secondary N) is 1. The number of hydrogen-bond donors (Lipinski definition) is 2. The van der Waals surface area contributed by atoms with Gasteiger partial charge in [0.1, 0.15) is 5.75 Å². The first-order chi connectivity index (χ1) is 11.7. The fraction of sp³-hybridized carbons (Fsp3) is 0.400. The average molecular weight is 326 g/mol. The fourth-order valence-electron chi connectivity index (χ4n) is 3.06. The third-order valence-electron chi connectivity index (χ3n) is 4.55. The summed E-state index contributed by atoms with van der Waals surface area (Å²) in [4.78, 5) is 2.41. The highest BCUT2D eigenvalue weighted by atomic mass is 16.5. The van der Waals surface area contributed by atoms with Gasteiger partial charge in [0.2, 0.25) is 0 Å². The summed E-state index contributed by atoms with van der Waals surface area (Å²) in [5.41, 5.74) is 3.68. The summed E-state index contributed by atoms with van der Waals surface area (Å²) in [5.74, 6) is 0.882. The van der Waals surface area contributed by atoms with Gasteiger partial charge in [-0.25, -0.2) is 0 Å². The molecule has 0 saturated carbocycles. The van der Waals surface area contributed by atoms with Crippen LogP contribution in [0.4, 0.5) is 5.69 Å². The summed E-state index contributed by atoms with van der Waals surface area (Å²) in [6, 6.07) is 16.7. The predicted octanol–water partition coefficient (Wildman–Crippen LogP) is 3.26. The molecule has 1 aliphatic rings. The monoisotopic (exact) mass is 326 g/mol. The van der Waals surface area contributed by atoms with Gasteiger partial charge in [0, 0.05) is 31.9 Å². The molecule has 2 aromatic rings. The minimum Gasteiger partial charge on any atom is -0.497 e. The zero-order valence-corrected chi connectivity index (χ0v) is 14.2. The second kappa shape index (κ2) is 8.18. The van der Waals surface area contributed by atoms with Crippen molar-refractivity contribution in [3.05, 3.63) is 59.7 Å². The first-order valence-electron chi connectivity index (χ1n) is 8.59. The van der Waals surface area contributed by atoms with Gasteiger partial charge in [-0.3, -0.25) is 4.90 Å². The van der Waals surface area contributed by atoms with Crippen LogP contribution in [-0.4, -0.2) is 36.3 Å². The number of aliphatic hydroxyl groups is 1. The lowest BCUT2D eigenvalue weighted by atomic mass is 10.1. The number of methoxy groups -OCH3 is 1. The largest absolute Gasteiger partial charge is 0.497 e. The maximum Gasteiger partial charge on any atom is 0.118 e. The molecule has 0 unspecified atom stereocenters. The van der Waals surface area contributed by atoms with Crippen LogP contribution in [0.15, 0.2) is 48.5 Å². The van der Waals surface area contributed by atoms with Crippen LogP contribution in [0.1, 0.15) is 24.0 Å². The lowest BCUT2D eigenvalue weighted by Gasteiger charge is -2.29. The lowest BCUT2D eigenvalue weighted by Crippen LogP contribution is -2.35. The molecule has 3 rings (SSSR count). The molecule has 4 nitrogen and oxygen atoms in total. The van der Waals surface area contributed by atoms with Crippen molar-refractivity contribution in [1.82, 2.24) is 4.90 Å². The van der Waals surface area contributed by atoms with Gasteiger partial charge in [0.15, 0.2) is 0 Å². The molecule has 0 aromatic heterocycles. The molecule has 0 aliphatic carbocycles. The van der Waals surface area contributed by atoms with E-state index in [2.05, 4.69) is 46.6 Å². The van der Waals surface area contributed by atoms with Crippen LogP contribution in [-0.2, 0) is 13.1 Å². The van der Waals surface area contributed by atoms with Crippen molar-refractivity contribution in [2.24, 2.45) is 0 Å². The van der Waals surface area contributed by atoms with E-state index in [1.165, 1.54) is 11.1 Å². The van der Waals surface area contributed by atoms with Gasteiger partial charge in [-0.05, 0) is 48.2 Å². The molecule has 0 spiro atoms. The molecule has 2 aromatic carbocycles. The Morgan fingerprint density at radius 2 is 1.83 bits per heavy atom. The number of benzene rings is 2. The van der Waals surface area contributed by atoms with E-state index in [1.54, 1.807) is 7.11 Å². The highest BCUT2D eigenvalue weighted by Crippen LogP contribution is 2.18. The Bertz CT molecular complexity index is 634. The van der Waals surface area contributed by atoms with Crippen LogP contribution >= 0.6 is 0 Å². The van der Waals surface area contributed by atoms with Crippen molar-refractivity contribution in [1.29, 1.82) is 0 Å². The quantitative estimate of drug-likeness (QED) is 0.855. The Kier molecular flexibility index (Phi) is 5.72. The van der Waals surface area contributed by atoms with Crippen molar-refractivity contribution < 1.29 is 9.84 Å². The number of likely N-dealkylation sites (tertiary alicyclic amines) is 1. The zero-order chi connectivity index (χ0) is 16.8. The molecule has 1 heterocycles. The molecule has 128 valence electrons. The third kappa shape index (κ3) is 4.73. The molecule has 1 aliphatic heterocycles. The molecule has 1 fully saturated rings. The topological polar surface area (TPSA) is 44.7 Å². The Balaban J connectivity index is 1.54. The second-order valence-corrected chi connectivity index (χ2v) is 6.41. The van der Waals surface area contributed by atoms with Gasteiger partial charge in [-0.2, -0.15) is 0 Å². The van der Waals surface area contributed by atoms with Gasteiger partial charge < -0.3 is 15.2 Å². The van der Waals surface area contributed by atoms with Crippen molar-refractivity contribution in [3.8, 4) is 5.75 Å². The van der Waals surface area contributed by atoms with Crippen molar-refractivity contribution in [2.45, 2.75) is 32.0 Å². The summed E-state index contributed by atoms with van der Waals surface area (Å²) < 4.78 is 5.19. The maximum absolute atomic E-state index is 9.60.